The van der Waals surface area contributed by atoms with Gasteiger partial charge in [0.1, 0.15) is 0 Å². The van der Waals surface area contributed by atoms with Crippen LogP contribution in [0.2, 0.25) is 5.02 Å². The van der Waals surface area contributed by atoms with Crippen LogP contribution in [-0.2, 0) is 6.54 Å². The van der Waals surface area contributed by atoms with E-state index in [0.29, 0.717) is 11.4 Å². The number of fused-ring (bicyclic) bond motifs is 1. The molecule has 1 aliphatic rings. The lowest BCUT2D eigenvalue weighted by Gasteiger charge is -2.13. The van der Waals surface area contributed by atoms with Gasteiger partial charge >= 0.3 is 0 Å². The van der Waals surface area contributed by atoms with Crippen molar-refractivity contribution in [2.24, 2.45) is 5.41 Å². The number of carbonyl (C=O) groups is 1. The van der Waals surface area contributed by atoms with Crippen LogP contribution in [0.25, 0.3) is 10.9 Å². The summed E-state index contributed by atoms with van der Waals surface area (Å²) in [5.41, 5.74) is 1.80. The Morgan fingerprint density at radius 1 is 1.50 bits per heavy atom. The second-order valence-electron chi connectivity index (χ2n) is 5.72. The van der Waals surface area contributed by atoms with E-state index in [1.165, 1.54) is 0 Å². The molecule has 1 saturated carbocycles. The predicted octanol–water partition coefficient (Wildman–Crippen LogP) is 4.19. The highest BCUT2D eigenvalue weighted by Gasteiger charge is 2.42. The number of halogens is 1. The number of hydrogen-bond acceptors (Lipinski definition) is 2. The normalized spacial score (nSPS) is 16.1. The van der Waals surface area contributed by atoms with Crippen molar-refractivity contribution in [2.75, 3.05) is 0 Å². The number of nitrogens with zero attached hydrogens (tertiary/aromatic N) is 2. The molecule has 4 heteroatoms. The van der Waals surface area contributed by atoms with Crippen LogP contribution in [0.5, 0.6) is 0 Å². The number of hydrogen-bond donors (Lipinski definition) is 0. The lowest BCUT2D eigenvalue weighted by atomic mass is 10.0. The predicted molar refractivity (Wildman–Crippen MR) is 78.8 cm³/mol. The standard InChI is InChI=1S/C16H15ClN2O/c1-11(20)14-9-19(10-16(4-5-16)6-7-18)15-8-12(17)2-3-13(14)15/h2-3,8-9H,4-6,10H2,1H3. The summed E-state index contributed by atoms with van der Waals surface area (Å²) >= 11 is 6.08. The number of nitriles is 1. The van der Waals surface area contributed by atoms with Crippen LogP contribution in [-0.4, -0.2) is 10.4 Å². The van der Waals surface area contributed by atoms with Crippen LogP contribution in [0.4, 0.5) is 0 Å². The molecular formula is C16H15ClN2O. The number of rotatable bonds is 4. The molecule has 0 aliphatic heterocycles. The fraction of sp³-hybridized carbons (Fsp3) is 0.375. The molecule has 0 saturated heterocycles. The fourth-order valence-corrected chi connectivity index (χ4v) is 2.94. The van der Waals surface area contributed by atoms with E-state index < -0.39 is 0 Å². The van der Waals surface area contributed by atoms with Crippen LogP contribution < -0.4 is 0 Å². The minimum absolute atomic E-state index is 0.0567. The lowest BCUT2D eigenvalue weighted by Crippen LogP contribution is -2.10. The first-order valence-corrected chi connectivity index (χ1v) is 7.09. The second-order valence-corrected chi connectivity index (χ2v) is 6.16. The monoisotopic (exact) mass is 286 g/mol. The van der Waals surface area contributed by atoms with Gasteiger partial charge in [0.25, 0.3) is 0 Å². The molecule has 0 radical (unpaired) electrons. The lowest BCUT2D eigenvalue weighted by molar-refractivity contribution is 0.101. The van der Waals surface area contributed by atoms with Crippen molar-refractivity contribution in [1.29, 1.82) is 5.26 Å². The third kappa shape index (κ3) is 2.21. The number of Topliss-reactive ketones (excluding diaryl/α,β-unsaturated/α-hetero) is 1. The molecule has 1 aromatic heterocycles. The molecule has 0 bridgehead atoms. The summed E-state index contributed by atoms with van der Waals surface area (Å²) in [6, 6.07) is 7.87. The van der Waals surface area contributed by atoms with Crippen LogP contribution in [0.15, 0.2) is 24.4 Å². The van der Waals surface area contributed by atoms with Crippen molar-refractivity contribution < 1.29 is 4.79 Å². The number of benzene rings is 1. The van der Waals surface area contributed by atoms with Gasteiger partial charge in [-0.05, 0) is 31.9 Å². The number of aromatic nitrogens is 1. The quantitative estimate of drug-likeness (QED) is 0.791. The van der Waals surface area contributed by atoms with E-state index in [2.05, 4.69) is 10.6 Å². The number of ketones is 1. The van der Waals surface area contributed by atoms with E-state index >= 15 is 0 Å². The molecule has 0 spiro atoms. The summed E-state index contributed by atoms with van der Waals surface area (Å²) in [5, 5.41) is 10.5. The zero-order valence-corrected chi connectivity index (χ0v) is 12.1. The summed E-state index contributed by atoms with van der Waals surface area (Å²) in [5.74, 6) is 0.0567. The molecule has 1 aromatic carbocycles. The van der Waals surface area contributed by atoms with Crippen LogP contribution >= 0.6 is 11.6 Å². The summed E-state index contributed by atoms with van der Waals surface area (Å²) in [6.45, 7) is 2.36. The van der Waals surface area contributed by atoms with Gasteiger partial charge in [-0.3, -0.25) is 4.79 Å². The SMILES string of the molecule is CC(=O)c1cn(CC2(CC#N)CC2)c2cc(Cl)ccc12. The molecule has 0 unspecified atom stereocenters. The topological polar surface area (TPSA) is 45.8 Å². The average Bonchev–Trinajstić information content (AvgIpc) is 3.05. The van der Waals surface area contributed by atoms with Crippen molar-refractivity contribution in [3.05, 3.63) is 35.0 Å². The van der Waals surface area contributed by atoms with Gasteiger partial charge in [0.15, 0.2) is 5.78 Å². The van der Waals surface area contributed by atoms with E-state index in [0.717, 1.165) is 35.9 Å². The van der Waals surface area contributed by atoms with E-state index in [4.69, 9.17) is 16.9 Å². The highest BCUT2D eigenvalue weighted by atomic mass is 35.5. The third-order valence-electron chi connectivity index (χ3n) is 4.14. The van der Waals surface area contributed by atoms with E-state index in [9.17, 15) is 4.79 Å². The Bertz CT molecular complexity index is 735. The van der Waals surface area contributed by atoms with Crippen molar-refractivity contribution in [2.45, 2.75) is 32.7 Å². The molecule has 20 heavy (non-hydrogen) atoms. The maximum Gasteiger partial charge on any atom is 0.161 e. The zero-order valence-electron chi connectivity index (χ0n) is 11.3. The zero-order chi connectivity index (χ0) is 14.3. The highest BCUT2D eigenvalue weighted by Crippen LogP contribution is 2.50. The molecule has 1 fully saturated rings. The molecule has 3 nitrogen and oxygen atoms in total. The molecule has 0 amide bonds. The van der Waals surface area contributed by atoms with Gasteiger partial charge < -0.3 is 4.57 Å². The Kier molecular flexibility index (Phi) is 3.07. The fourth-order valence-electron chi connectivity index (χ4n) is 2.77. The van der Waals surface area contributed by atoms with Gasteiger partial charge in [0, 0.05) is 40.5 Å². The molecule has 102 valence electrons. The Morgan fingerprint density at radius 2 is 2.25 bits per heavy atom. The third-order valence-corrected chi connectivity index (χ3v) is 4.38. The maximum atomic E-state index is 11.8. The van der Waals surface area contributed by atoms with Crippen molar-refractivity contribution >= 4 is 28.3 Å². The van der Waals surface area contributed by atoms with Crippen LogP contribution in [0.1, 0.15) is 36.5 Å². The van der Waals surface area contributed by atoms with Gasteiger partial charge in [-0.25, -0.2) is 0 Å². The van der Waals surface area contributed by atoms with Crippen LogP contribution in [0, 0.1) is 16.7 Å². The summed E-state index contributed by atoms with van der Waals surface area (Å²) in [4.78, 5) is 11.8. The first-order valence-electron chi connectivity index (χ1n) is 6.71. The molecular weight excluding hydrogens is 272 g/mol. The van der Waals surface area contributed by atoms with E-state index in [1.54, 1.807) is 6.92 Å². The van der Waals surface area contributed by atoms with Gasteiger partial charge in [-0.15, -0.1) is 0 Å². The van der Waals surface area contributed by atoms with Gasteiger partial charge in [-0.1, -0.05) is 17.7 Å². The molecule has 3 rings (SSSR count). The Balaban J connectivity index is 2.09. The van der Waals surface area contributed by atoms with Crippen molar-refractivity contribution in [3.8, 4) is 6.07 Å². The molecule has 2 aromatic rings. The van der Waals surface area contributed by atoms with Gasteiger partial charge in [0.2, 0.25) is 0 Å². The van der Waals surface area contributed by atoms with E-state index in [1.807, 2.05) is 24.4 Å². The average molecular weight is 287 g/mol. The highest BCUT2D eigenvalue weighted by molar-refractivity contribution is 6.31. The summed E-state index contributed by atoms with van der Waals surface area (Å²) in [7, 11) is 0. The Labute approximate surface area is 122 Å². The molecule has 0 atom stereocenters. The smallest absolute Gasteiger partial charge is 0.161 e. The minimum Gasteiger partial charge on any atom is -0.346 e. The van der Waals surface area contributed by atoms with Gasteiger partial charge in [-0.2, -0.15) is 5.26 Å². The molecule has 0 N–H and O–H groups in total. The largest absolute Gasteiger partial charge is 0.346 e. The first-order chi connectivity index (χ1) is 9.54. The van der Waals surface area contributed by atoms with E-state index in [-0.39, 0.29) is 11.2 Å². The summed E-state index contributed by atoms with van der Waals surface area (Å²) in [6.07, 6.45) is 4.63. The maximum absolute atomic E-state index is 11.8. The molecule has 1 heterocycles. The van der Waals surface area contributed by atoms with Crippen LogP contribution in [0.3, 0.4) is 0 Å². The Hall–Kier alpha value is -1.79. The number of carbonyl (C=O) groups excluding carboxylic acids is 1. The van der Waals surface area contributed by atoms with Gasteiger partial charge in [0.05, 0.1) is 11.6 Å². The Morgan fingerprint density at radius 3 is 2.85 bits per heavy atom. The first kappa shape index (κ1) is 13.2. The van der Waals surface area contributed by atoms with Crippen molar-refractivity contribution in [1.82, 2.24) is 4.57 Å². The minimum atomic E-state index is 0.0567. The molecule has 1 aliphatic carbocycles. The summed E-state index contributed by atoms with van der Waals surface area (Å²) < 4.78 is 2.09. The second kappa shape index (κ2) is 4.64. The van der Waals surface area contributed by atoms with Crippen molar-refractivity contribution in [3.63, 3.8) is 0 Å².